The highest BCUT2D eigenvalue weighted by atomic mass is 32.2. The van der Waals surface area contributed by atoms with Crippen LogP contribution in [0.2, 0.25) is 0 Å². The molecule has 0 bridgehead atoms. The van der Waals surface area contributed by atoms with Crippen LogP contribution >= 0.6 is 0 Å². The van der Waals surface area contributed by atoms with E-state index in [0.29, 0.717) is 24.7 Å². The summed E-state index contributed by atoms with van der Waals surface area (Å²) in [6.45, 7) is -0.0388. The predicted molar refractivity (Wildman–Crippen MR) is 74.8 cm³/mol. The monoisotopic (exact) mass is 344 g/mol. The lowest BCUT2D eigenvalue weighted by Crippen LogP contribution is -2.32. The van der Waals surface area contributed by atoms with Crippen molar-refractivity contribution in [1.82, 2.24) is 19.9 Å². The molecule has 23 heavy (non-hydrogen) atoms. The van der Waals surface area contributed by atoms with Crippen LogP contribution in [0.25, 0.3) is 0 Å². The number of benzene rings is 1. The zero-order valence-electron chi connectivity index (χ0n) is 11.9. The maximum atomic E-state index is 13.6. The van der Waals surface area contributed by atoms with Crippen molar-refractivity contribution in [2.24, 2.45) is 0 Å². The van der Waals surface area contributed by atoms with Crippen LogP contribution in [0.4, 0.5) is 8.78 Å². The highest BCUT2D eigenvalue weighted by Gasteiger charge is 2.30. The maximum absolute atomic E-state index is 13.6. The lowest BCUT2D eigenvalue weighted by Gasteiger charge is -2.13. The molecule has 0 saturated carbocycles. The van der Waals surface area contributed by atoms with Gasteiger partial charge in [-0.3, -0.25) is 5.10 Å². The molecule has 1 aromatic heterocycles. The molecular formula is C13H14F2N4O3S. The summed E-state index contributed by atoms with van der Waals surface area (Å²) >= 11 is 0. The Bertz CT molecular complexity index is 783. The second-order valence-electron chi connectivity index (χ2n) is 5.12. The molecule has 1 aromatic carbocycles. The first-order valence-corrected chi connectivity index (χ1v) is 8.39. The first kappa shape index (κ1) is 16.0. The number of aromatic nitrogens is 3. The number of hydrogen-bond acceptors (Lipinski definition) is 5. The first-order valence-electron chi connectivity index (χ1n) is 6.91. The molecule has 0 aliphatic carbocycles. The van der Waals surface area contributed by atoms with Crippen molar-refractivity contribution in [3.63, 3.8) is 0 Å². The number of sulfonamides is 1. The number of nitrogens with one attached hydrogen (secondary N) is 2. The van der Waals surface area contributed by atoms with Gasteiger partial charge in [0.25, 0.3) is 0 Å². The standard InChI is InChI=1S/C13H14F2N4O3S/c14-8-1-3-10(15)12(5-8)23(20,21)18-6-9-2-4-11(22-9)13-16-7-17-19-13/h1,3,5,7,9,11,18H,2,4,6H2,(H,16,17,19)/t9-,11+/m1/s1. The second kappa shape index (κ2) is 6.30. The summed E-state index contributed by atoms with van der Waals surface area (Å²) in [4.78, 5) is 3.27. The van der Waals surface area contributed by atoms with Gasteiger partial charge in [-0.1, -0.05) is 0 Å². The van der Waals surface area contributed by atoms with Crippen LogP contribution in [0.1, 0.15) is 24.8 Å². The Morgan fingerprint density at radius 3 is 2.91 bits per heavy atom. The smallest absolute Gasteiger partial charge is 0.243 e. The van der Waals surface area contributed by atoms with Crippen LogP contribution < -0.4 is 4.72 Å². The quantitative estimate of drug-likeness (QED) is 0.852. The van der Waals surface area contributed by atoms with Crippen LogP contribution in [0.15, 0.2) is 29.4 Å². The van der Waals surface area contributed by atoms with Gasteiger partial charge in [0, 0.05) is 6.54 Å². The number of rotatable bonds is 5. The van der Waals surface area contributed by atoms with E-state index in [0.717, 1.165) is 12.1 Å². The molecule has 2 heterocycles. The minimum absolute atomic E-state index is 0.0388. The Hall–Kier alpha value is -1.91. The van der Waals surface area contributed by atoms with Gasteiger partial charge in [0.2, 0.25) is 10.0 Å². The molecule has 3 rings (SSSR count). The molecule has 0 unspecified atom stereocenters. The molecule has 124 valence electrons. The van der Waals surface area contributed by atoms with Crippen LogP contribution in [-0.2, 0) is 14.8 Å². The molecule has 1 saturated heterocycles. The number of ether oxygens (including phenoxy) is 1. The Labute approximate surface area is 131 Å². The van der Waals surface area contributed by atoms with Gasteiger partial charge >= 0.3 is 0 Å². The summed E-state index contributed by atoms with van der Waals surface area (Å²) in [5.74, 6) is -1.26. The van der Waals surface area contributed by atoms with Crippen molar-refractivity contribution in [1.29, 1.82) is 0 Å². The Morgan fingerprint density at radius 1 is 1.35 bits per heavy atom. The van der Waals surface area contributed by atoms with E-state index in [9.17, 15) is 17.2 Å². The zero-order chi connectivity index (χ0) is 16.4. The van der Waals surface area contributed by atoms with Crippen LogP contribution in [0.3, 0.4) is 0 Å². The van der Waals surface area contributed by atoms with Crippen molar-refractivity contribution in [3.05, 3.63) is 42.0 Å². The van der Waals surface area contributed by atoms with Crippen LogP contribution in [0, 0.1) is 11.6 Å². The second-order valence-corrected chi connectivity index (χ2v) is 6.86. The van der Waals surface area contributed by atoms with Gasteiger partial charge in [-0.05, 0) is 31.0 Å². The molecule has 1 aliphatic rings. The van der Waals surface area contributed by atoms with E-state index in [1.54, 1.807) is 0 Å². The summed E-state index contributed by atoms with van der Waals surface area (Å²) in [5.41, 5.74) is 0. The summed E-state index contributed by atoms with van der Waals surface area (Å²) < 4.78 is 58.8. The fourth-order valence-corrected chi connectivity index (χ4v) is 3.54. The van der Waals surface area contributed by atoms with E-state index in [-0.39, 0.29) is 18.8 Å². The largest absolute Gasteiger partial charge is 0.366 e. The molecule has 2 atom stereocenters. The van der Waals surface area contributed by atoms with E-state index >= 15 is 0 Å². The average molecular weight is 344 g/mol. The molecule has 2 aromatic rings. The van der Waals surface area contributed by atoms with Gasteiger partial charge in [0.05, 0.1) is 6.10 Å². The predicted octanol–water partition coefficient (Wildman–Crippen LogP) is 1.28. The topological polar surface area (TPSA) is 97.0 Å². The highest BCUT2D eigenvalue weighted by Crippen LogP contribution is 2.30. The van der Waals surface area contributed by atoms with Gasteiger partial charge < -0.3 is 4.74 Å². The lowest BCUT2D eigenvalue weighted by atomic mass is 10.2. The fourth-order valence-electron chi connectivity index (χ4n) is 2.39. The Morgan fingerprint density at radius 2 is 2.17 bits per heavy atom. The van der Waals surface area contributed by atoms with Gasteiger partial charge in [0.15, 0.2) is 5.82 Å². The summed E-state index contributed by atoms with van der Waals surface area (Å²) in [6, 6.07) is 2.27. The van der Waals surface area contributed by atoms with Gasteiger partial charge in [0.1, 0.15) is 29.0 Å². The minimum atomic E-state index is -4.15. The average Bonchev–Trinajstić information content (AvgIpc) is 3.18. The van der Waals surface area contributed by atoms with Gasteiger partial charge in [-0.2, -0.15) is 5.10 Å². The molecule has 1 fully saturated rings. The van der Waals surface area contributed by atoms with Crippen molar-refractivity contribution in [2.45, 2.75) is 29.9 Å². The van der Waals surface area contributed by atoms with Crippen LogP contribution in [-0.4, -0.2) is 36.2 Å². The van der Waals surface area contributed by atoms with E-state index < -0.39 is 26.6 Å². The maximum Gasteiger partial charge on any atom is 0.243 e. The third-order valence-electron chi connectivity index (χ3n) is 3.53. The molecule has 2 N–H and O–H groups in total. The van der Waals surface area contributed by atoms with Crippen LogP contribution in [0.5, 0.6) is 0 Å². The molecule has 1 aliphatic heterocycles. The molecule has 0 radical (unpaired) electrons. The Kier molecular flexibility index (Phi) is 4.37. The lowest BCUT2D eigenvalue weighted by molar-refractivity contribution is 0.0430. The third kappa shape index (κ3) is 3.54. The Balaban J connectivity index is 1.63. The first-order chi connectivity index (χ1) is 11.0. The van der Waals surface area contributed by atoms with Gasteiger partial charge in [-0.25, -0.2) is 26.9 Å². The van der Waals surface area contributed by atoms with E-state index in [1.807, 2.05) is 0 Å². The number of halogens is 2. The van der Waals surface area contributed by atoms with Crippen molar-refractivity contribution in [3.8, 4) is 0 Å². The zero-order valence-corrected chi connectivity index (χ0v) is 12.7. The van der Waals surface area contributed by atoms with E-state index in [1.165, 1.54) is 6.33 Å². The van der Waals surface area contributed by atoms with Gasteiger partial charge in [-0.15, -0.1) is 0 Å². The van der Waals surface area contributed by atoms with Crippen molar-refractivity contribution < 1.29 is 21.9 Å². The number of nitrogens with zero attached hydrogens (tertiary/aromatic N) is 2. The normalized spacial score (nSPS) is 21.7. The summed E-state index contributed by atoms with van der Waals surface area (Å²) in [5, 5.41) is 6.43. The SMILES string of the molecule is O=S(=O)(NC[C@H]1CC[C@@H](c2ncn[nH]2)O1)c1cc(F)ccc1F. The van der Waals surface area contributed by atoms with Crippen molar-refractivity contribution in [2.75, 3.05) is 6.54 Å². The number of hydrogen-bond donors (Lipinski definition) is 2. The third-order valence-corrected chi connectivity index (χ3v) is 4.97. The fraction of sp³-hybridized carbons (Fsp3) is 0.385. The minimum Gasteiger partial charge on any atom is -0.366 e. The van der Waals surface area contributed by atoms with E-state index in [2.05, 4.69) is 19.9 Å². The molecular weight excluding hydrogens is 330 g/mol. The molecule has 10 heteroatoms. The van der Waals surface area contributed by atoms with Crippen molar-refractivity contribution >= 4 is 10.0 Å². The molecule has 0 amide bonds. The molecule has 0 spiro atoms. The summed E-state index contributed by atoms with van der Waals surface area (Å²) in [6.07, 6.45) is 1.98. The number of H-pyrrole nitrogens is 1. The number of aromatic amines is 1. The summed E-state index contributed by atoms with van der Waals surface area (Å²) in [7, 11) is -4.15. The molecule has 7 nitrogen and oxygen atoms in total. The van der Waals surface area contributed by atoms with E-state index in [4.69, 9.17) is 4.74 Å². The highest BCUT2D eigenvalue weighted by molar-refractivity contribution is 7.89.